The van der Waals surface area contributed by atoms with Crippen LogP contribution in [0, 0.1) is 5.82 Å². The number of nitrogens with zero attached hydrogens (tertiary/aromatic N) is 1. The van der Waals surface area contributed by atoms with Crippen LogP contribution in [-0.4, -0.2) is 10.4 Å². The Morgan fingerprint density at radius 3 is 2.82 bits per heavy atom. The zero-order valence-corrected chi connectivity index (χ0v) is 9.88. The van der Waals surface area contributed by atoms with E-state index in [9.17, 15) is 4.39 Å². The predicted octanol–water partition coefficient (Wildman–Crippen LogP) is 2.93. The normalized spacial score (nSPS) is 22.6. The van der Waals surface area contributed by atoms with Gasteiger partial charge >= 0.3 is 0 Å². The van der Waals surface area contributed by atoms with Crippen molar-refractivity contribution in [2.45, 2.75) is 11.7 Å². The van der Waals surface area contributed by atoms with Gasteiger partial charge in [0.15, 0.2) is 5.17 Å². The third kappa shape index (κ3) is 2.00. The fourth-order valence-electron chi connectivity index (χ4n) is 2.02. The second-order valence-corrected chi connectivity index (χ2v) is 5.25. The predicted molar refractivity (Wildman–Crippen MR) is 70.1 cm³/mol. The first-order valence-electron chi connectivity index (χ1n) is 5.41. The first kappa shape index (κ1) is 10.6. The van der Waals surface area contributed by atoms with Gasteiger partial charge in [0.2, 0.25) is 0 Å². The number of fused-ring (bicyclic) bond motifs is 1. The summed E-state index contributed by atoms with van der Waals surface area (Å²) < 4.78 is 12.8. The van der Waals surface area contributed by atoms with E-state index in [0.29, 0.717) is 10.4 Å². The molecule has 0 bridgehead atoms. The van der Waals surface area contributed by atoms with Crippen molar-refractivity contribution in [3.05, 3.63) is 53.5 Å². The molecule has 17 heavy (non-hydrogen) atoms. The second kappa shape index (κ2) is 4.04. The molecule has 0 amide bonds. The number of aliphatic imine (C=N–C) groups is 1. The Bertz CT molecular complexity index is 543. The lowest BCUT2D eigenvalue weighted by atomic mass is 9.97. The Morgan fingerprint density at radius 1 is 1.29 bits per heavy atom. The van der Waals surface area contributed by atoms with Crippen LogP contribution >= 0.6 is 11.8 Å². The molecule has 0 radical (unpaired) electrons. The molecule has 2 aliphatic rings. The minimum atomic E-state index is -0.214. The highest BCUT2D eigenvalue weighted by Crippen LogP contribution is 2.37. The molecule has 86 valence electrons. The fraction of sp³-hybridized carbons (Fsp3) is 0.154. The Hall–Kier alpha value is -1.55. The van der Waals surface area contributed by atoms with Crippen LogP contribution in [0.2, 0.25) is 0 Å². The highest BCUT2D eigenvalue weighted by atomic mass is 32.2. The average molecular weight is 246 g/mol. The van der Waals surface area contributed by atoms with E-state index in [2.05, 4.69) is 11.1 Å². The summed E-state index contributed by atoms with van der Waals surface area (Å²) in [6.07, 6.45) is 5.12. The zero-order valence-electron chi connectivity index (χ0n) is 9.06. The summed E-state index contributed by atoms with van der Waals surface area (Å²) in [4.78, 5) is 4.31. The quantitative estimate of drug-likeness (QED) is 0.827. The molecule has 0 aromatic heterocycles. The lowest BCUT2D eigenvalue weighted by Gasteiger charge is -2.14. The van der Waals surface area contributed by atoms with Gasteiger partial charge in [-0.2, -0.15) is 0 Å². The molecule has 1 unspecified atom stereocenters. The summed E-state index contributed by atoms with van der Waals surface area (Å²) in [5, 5.41) is 0.995. The number of nitrogens with two attached hydrogens (primary N) is 1. The standard InChI is InChI=1S/C13H11FN2S/c14-10-4-1-8(2-5-10)9-3-6-12-11(7-9)16-13(15)17-12/h1-5,7,12H,6H2,(H2,15,16). The summed E-state index contributed by atoms with van der Waals surface area (Å²) in [7, 11) is 0. The second-order valence-electron chi connectivity index (χ2n) is 4.03. The average Bonchev–Trinajstić information content (AvgIpc) is 2.69. The van der Waals surface area contributed by atoms with Gasteiger partial charge in [0.05, 0.1) is 10.9 Å². The van der Waals surface area contributed by atoms with Crippen molar-refractivity contribution in [1.29, 1.82) is 0 Å². The van der Waals surface area contributed by atoms with Crippen molar-refractivity contribution in [2.75, 3.05) is 0 Å². The number of halogens is 1. The van der Waals surface area contributed by atoms with Gasteiger partial charge in [0.1, 0.15) is 5.82 Å². The van der Waals surface area contributed by atoms with Crippen LogP contribution < -0.4 is 5.73 Å². The number of rotatable bonds is 1. The van der Waals surface area contributed by atoms with E-state index >= 15 is 0 Å². The molecule has 1 heterocycles. The van der Waals surface area contributed by atoms with Crippen molar-refractivity contribution in [2.24, 2.45) is 10.7 Å². The number of benzene rings is 1. The number of thioether (sulfide) groups is 1. The minimum absolute atomic E-state index is 0.214. The Kier molecular flexibility index (Phi) is 2.52. The zero-order chi connectivity index (χ0) is 11.8. The van der Waals surface area contributed by atoms with E-state index < -0.39 is 0 Å². The molecule has 1 aliphatic carbocycles. The largest absolute Gasteiger partial charge is 0.378 e. The minimum Gasteiger partial charge on any atom is -0.378 e. The van der Waals surface area contributed by atoms with Crippen LogP contribution in [0.5, 0.6) is 0 Å². The summed E-state index contributed by atoms with van der Waals surface area (Å²) in [6, 6.07) is 6.52. The fourth-order valence-corrected chi connectivity index (χ4v) is 2.91. The Labute approximate surface area is 103 Å². The van der Waals surface area contributed by atoms with Gasteiger partial charge in [-0.1, -0.05) is 30.0 Å². The SMILES string of the molecule is NC1=NC2=CC(c3ccc(F)cc3)=CCC2S1. The van der Waals surface area contributed by atoms with Gasteiger partial charge in [-0.15, -0.1) is 0 Å². The number of amidine groups is 1. The first-order chi connectivity index (χ1) is 8.22. The van der Waals surface area contributed by atoms with Gasteiger partial charge in [-0.05, 0) is 35.8 Å². The van der Waals surface area contributed by atoms with Gasteiger partial charge in [-0.3, -0.25) is 0 Å². The molecular weight excluding hydrogens is 235 g/mol. The van der Waals surface area contributed by atoms with Crippen LogP contribution in [0.1, 0.15) is 12.0 Å². The van der Waals surface area contributed by atoms with E-state index in [1.165, 1.54) is 12.1 Å². The summed E-state index contributed by atoms with van der Waals surface area (Å²) in [5.41, 5.74) is 8.83. The van der Waals surface area contributed by atoms with E-state index in [1.54, 1.807) is 23.9 Å². The first-order valence-corrected chi connectivity index (χ1v) is 6.29. The number of hydrogen-bond acceptors (Lipinski definition) is 3. The maximum absolute atomic E-state index is 12.8. The Morgan fingerprint density at radius 2 is 2.06 bits per heavy atom. The van der Waals surface area contributed by atoms with Crippen LogP contribution in [-0.2, 0) is 0 Å². The Balaban J connectivity index is 1.93. The van der Waals surface area contributed by atoms with Crippen LogP contribution in [0.3, 0.4) is 0 Å². The smallest absolute Gasteiger partial charge is 0.159 e. The summed E-state index contributed by atoms with van der Waals surface area (Å²) in [5.74, 6) is -0.214. The van der Waals surface area contributed by atoms with Crippen LogP contribution in [0.4, 0.5) is 4.39 Å². The van der Waals surface area contributed by atoms with Crippen molar-refractivity contribution < 1.29 is 4.39 Å². The molecule has 0 saturated heterocycles. The lowest BCUT2D eigenvalue weighted by Crippen LogP contribution is -2.07. The highest BCUT2D eigenvalue weighted by molar-refractivity contribution is 8.14. The van der Waals surface area contributed by atoms with Gasteiger partial charge in [0, 0.05) is 0 Å². The monoisotopic (exact) mass is 246 g/mol. The van der Waals surface area contributed by atoms with Gasteiger partial charge in [0.25, 0.3) is 0 Å². The van der Waals surface area contributed by atoms with Gasteiger partial charge in [-0.25, -0.2) is 9.38 Å². The molecule has 3 rings (SSSR count). The lowest BCUT2D eigenvalue weighted by molar-refractivity contribution is 0.627. The van der Waals surface area contributed by atoms with Crippen LogP contribution in [0.25, 0.3) is 5.57 Å². The molecule has 0 fully saturated rings. The molecule has 1 aliphatic heterocycles. The van der Waals surface area contributed by atoms with E-state index in [-0.39, 0.29) is 5.82 Å². The van der Waals surface area contributed by atoms with Crippen molar-refractivity contribution >= 4 is 22.5 Å². The molecule has 4 heteroatoms. The van der Waals surface area contributed by atoms with E-state index in [0.717, 1.165) is 23.3 Å². The van der Waals surface area contributed by atoms with Crippen molar-refractivity contribution in [3.63, 3.8) is 0 Å². The van der Waals surface area contributed by atoms with Crippen molar-refractivity contribution in [1.82, 2.24) is 0 Å². The topological polar surface area (TPSA) is 38.4 Å². The highest BCUT2D eigenvalue weighted by Gasteiger charge is 2.25. The number of hydrogen-bond donors (Lipinski definition) is 1. The van der Waals surface area contributed by atoms with Gasteiger partial charge < -0.3 is 5.73 Å². The van der Waals surface area contributed by atoms with E-state index in [4.69, 9.17) is 5.73 Å². The molecule has 1 aromatic rings. The van der Waals surface area contributed by atoms with Crippen LogP contribution in [0.15, 0.2) is 47.1 Å². The third-order valence-corrected chi connectivity index (χ3v) is 3.92. The van der Waals surface area contributed by atoms with Crippen molar-refractivity contribution in [3.8, 4) is 0 Å². The molecule has 1 atom stereocenters. The molecule has 1 aromatic carbocycles. The molecule has 2 nitrogen and oxygen atoms in total. The third-order valence-electron chi connectivity index (χ3n) is 2.86. The summed E-state index contributed by atoms with van der Waals surface area (Å²) >= 11 is 1.60. The summed E-state index contributed by atoms with van der Waals surface area (Å²) in [6.45, 7) is 0. The molecule has 0 spiro atoms. The maximum Gasteiger partial charge on any atom is 0.159 e. The van der Waals surface area contributed by atoms with E-state index in [1.807, 2.05) is 6.08 Å². The number of allylic oxidation sites excluding steroid dienone is 3. The molecule has 0 saturated carbocycles. The molecule has 2 N–H and O–H groups in total. The molecular formula is C13H11FN2S. The maximum atomic E-state index is 12.8.